The quantitative estimate of drug-likeness (QED) is 0.402. The Labute approximate surface area is 193 Å². The summed E-state index contributed by atoms with van der Waals surface area (Å²) in [4.78, 5) is 28.3. The molecule has 0 bridgehead atoms. The number of carbonyl (C=O) groups is 2. The Hall–Kier alpha value is -2.33. The molecule has 29 heavy (non-hydrogen) atoms. The summed E-state index contributed by atoms with van der Waals surface area (Å²) < 4.78 is 26.6. The fraction of sp³-hybridized carbons (Fsp3) is 0.111. The topological polar surface area (TPSA) is 99.8 Å². The van der Waals surface area contributed by atoms with E-state index >= 15 is 0 Å². The third-order valence-corrected chi connectivity index (χ3v) is 4.04. The van der Waals surface area contributed by atoms with Gasteiger partial charge in [0.05, 0.1) is 0 Å². The van der Waals surface area contributed by atoms with Gasteiger partial charge in [-0.3, -0.25) is 14.7 Å². The van der Waals surface area contributed by atoms with Crippen LogP contribution < -0.4 is 40.2 Å². The minimum atomic E-state index is -1.13. The third kappa shape index (κ3) is 5.83. The monoisotopic (exact) mass is 429 g/mol. The van der Waals surface area contributed by atoms with Crippen molar-refractivity contribution in [2.24, 2.45) is 0 Å². The summed E-state index contributed by atoms with van der Waals surface area (Å²) in [7, 11) is 0. The number of nitrogens with one attached hydrogen (secondary N) is 3. The van der Waals surface area contributed by atoms with Crippen LogP contribution in [0.4, 0.5) is 14.6 Å². The van der Waals surface area contributed by atoms with Crippen molar-refractivity contribution in [1.82, 2.24) is 20.5 Å². The van der Waals surface area contributed by atoms with Crippen LogP contribution in [0.1, 0.15) is 33.4 Å². The summed E-state index contributed by atoms with van der Waals surface area (Å²) in [6.45, 7) is 1.70. The smallest absolute Gasteiger partial charge is 1.00 e. The van der Waals surface area contributed by atoms with Gasteiger partial charge in [-0.05, 0) is 36.2 Å². The Balaban J connectivity index is 0.00000225. The number of nitrogens with zero attached hydrogens (tertiary/aromatic N) is 2. The van der Waals surface area contributed by atoms with Gasteiger partial charge in [0.25, 0.3) is 11.8 Å². The van der Waals surface area contributed by atoms with Crippen LogP contribution in [-0.4, -0.2) is 27.0 Å². The number of rotatable bonds is 5. The van der Waals surface area contributed by atoms with E-state index in [0.29, 0.717) is 5.15 Å². The van der Waals surface area contributed by atoms with Gasteiger partial charge < -0.3 is 12.1 Å². The van der Waals surface area contributed by atoms with Crippen LogP contribution >= 0.6 is 11.6 Å². The molecule has 3 N–H and O–H groups in total. The normalized spacial score (nSPS) is 10.2. The number of aromatic amines is 1. The minimum absolute atomic E-state index is 0. The molecule has 146 valence electrons. The molecule has 2 heterocycles. The Bertz CT molecular complexity index is 1050. The summed E-state index contributed by atoms with van der Waals surface area (Å²) in [6.07, 6.45) is 1.53. The second-order valence-electron chi connectivity index (χ2n) is 5.87. The number of anilines is 1. The fourth-order valence-corrected chi connectivity index (χ4v) is 2.48. The van der Waals surface area contributed by atoms with Crippen molar-refractivity contribution in [2.45, 2.75) is 13.5 Å². The van der Waals surface area contributed by atoms with Gasteiger partial charge in [0.2, 0.25) is 0 Å². The zero-order valence-electron chi connectivity index (χ0n) is 16.5. The van der Waals surface area contributed by atoms with Gasteiger partial charge in [0, 0.05) is 24.4 Å². The van der Waals surface area contributed by atoms with E-state index < -0.39 is 23.4 Å². The first-order valence-electron chi connectivity index (χ1n) is 8.04. The average Bonchev–Trinajstić information content (AvgIpc) is 3.12. The van der Waals surface area contributed by atoms with E-state index in [1.807, 2.05) is 0 Å². The molecule has 0 aliphatic rings. The van der Waals surface area contributed by atoms with Gasteiger partial charge in [0.1, 0.15) is 10.8 Å². The molecule has 0 radical (unpaired) electrons. The van der Waals surface area contributed by atoms with E-state index in [1.54, 1.807) is 12.1 Å². The molecule has 0 aliphatic carbocycles. The number of benzene rings is 1. The van der Waals surface area contributed by atoms with Crippen molar-refractivity contribution in [2.75, 3.05) is 5.32 Å². The van der Waals surface area contributed by atoms with Crippen LogP contribution in [-0.2, 0) is 6.54 Å². The van der Waals surface area contributed by atoms with E-state index in [2.05, 4.69) is 25.8 Å². The number of hydrogen-bond donors (Lipinski definition) is 3. The molecule has 0 spiro atoms. The Morgan fingerprint density at radius 1 is 1.17 bits per heavy atom. The third-order valence-electron chi connectivity index (χ3n) is 3.82. The number of aromatic nitrogens is 3. The van der Waals surface area contributed by atoms with Crippen molar-refractivity contribution < 1.29 is 49.4 Å². The first kappa shape index (κ1) is 23.0. The maximum atomic E-state index is 13.4. The van der Waals surface area contributed by atoms with Crippen molar-refractivity contribution >= 4 is 29.2 Å². The molecular weight excluding hydrogens is 415 g/mol. The van der Waals surface area contributed by atoms with Gasteiger partial charge in [-0.2, -0.15) is 5.10 Å². The second kappa shape index (κ2) is 9.93. The predicted molar refractivity (Wildman–Crippen MR) is 99.2 cm³/mol. The first-order chi connectivity index (χ1) is 13.3. The van der Waals surface area contributed by atoms with Gasteiger partial charge in [-0.25, -0.2) is 13.8 Å². The first-order valence-corrected chi connectivity index (χ1v) is 8.42. The van der Waals surface area contributed by atoms with Crippen LogP contribution in [0.2, 0.25) is 5.15 Å². The molecule has 0 unspecified atom stereocenters. The molecule has 7 nitrogen and oxygen atoms in total. The zero-order chi connectivity index (χ0) is 20.3. The van der Waals surface area contributed by atoms with Crippen LogP contribution in [0.25, 0.3) is 0 Å². The fourth-order valence-electron chi connectivity index (χ4n) is 2.37. The Morgan fingerprint density at radius 3 is 2.59 bits per heavy atom. The molecule has 2 aromatic heterocycles. The number of halogens is 3. The summed E-state index contributed by atoms with van der Waals surface area (Å²) >= 11 is 5.70. The van der Waals surface area contributed by atoms with E-state index in [1.165, 1.54) is 19.2 Å². The molecule has 2 amide bonds. The summed E-state index contributed by atoms with van der Waals surface area (Å²) in [5.74, 6) is -3.24. The van der Waals surface area contributed by atoms with Gasteiger partial charge in [-0.1, -0.05) is 17.7 Å². The van der Waals surface area contributed by atoms with E-state index in [9.17, 15) is 18.4 Å². The molecule has 1 aromatic carbocycles. The van der Waals surface area contributed by atoms with Crippen LogP contribution in [0.15, 0.2) is 36.5 Å². The van der Waals surface area contributed by atoms with Crippen LogP contribution in [0.5, 0.6) is 0 Å². The number of carbonyl (C=O) groups excluding carboxylic acids is 2. The van der Waals surface area contributed by atoms with Crippen LogP contribution in [0, 0.1) is 18.6 Å². The molecule has 3 aromatic rings. The predicted octanol–water partition coefficient (Wildman–Crippen LogP) is 0.344. The van der Waals surface area contributed by atoms with E-state index in [-0.39, 0.29) is 60.2 Å². The van der Waals surface area contributed by atoms with Gasteiger partial charge in [-0.15, -0.1) is 0 Å². The largest absolute Gasteiger partial charge is 1.00 e. The molecule has 3 rings (SSSR count). The zero-order valence-corrected chi connectivity index (χ0v) is 18.3. The van der Waals surface area contributed by atoms with Crippen molar-refractivity contribution in [1.29, 1.82) is 0 Å². The molecule has 0 aliphatic heterocycles. The summed E-state index contributed by atoms with van der Waals surface area (Å²) in [6, 6.07) is 6.38. The number of pyridine rings is 1. The molecule has 0 saturated heterocycles. The van der Waals surface area contributed by atoms with Crippen LogP contribution in [0.3, 0.4) is 0 Å². The number of aryl methyl sites for hydroxylation is 1. The summed E-state index contributed by atoms with van der Waals surface area (Å²) in [5, 5.41) is 11.8. The average molecular weight is 430 g/mol. The SMILES string of the molecule is Cc1cc(F)c(F)cc1C(=O)Nc1cc(C(=O)NCc2ccc(Cl)nc2)[nH]n1.[H-].[Na+]. The van der Waals surface area contributed by atoms with E-state index in [0.717, 1.165) is 17.7 Å². The van der Waals surface area contributed by atoms with Crippen molar-refractivity contribution in [3.8, 4) is 0 Å². The van der Waals surface area contributed by atoms with E-state index in [4.69, 9.17) is 11.6 Å². The maximum absolute atomic E-state index is 13.4. The van der Waals surface area contributed by atoms with Gasteiger partial charge in [0.15, 0.2) is 17.5 Å². The molecule has 11 heteroatoms. The maximum Gasteiger partial charge on any atom is 1.00 e. The molecule has 0 atom stereocenters. The molecular formula is C18H15ClF2N5NaO2. The van der Waals surface area contributed by atoms with Gasteiger partial charge >= 0.3 is 29.6 Å². The second-order valence-corrected chi connectivity index (χ2v) is 6.26. The molecule has 0 saturated carbocycles. The van der Waals surface area contributed by atoms with Crippen molar-refractivity contribution in [3.63, 3.8) is 0 Å². The number of hydrogen-bond acceptors (Lipinski definition) is 4. The minimum Gasteiger partial charge on any atom is -1.00 e. The molecule has 0 fully saturated rings. The Kier molecular flexibility index (Phi) is 7.86. The Morgan fingerprint density at radius 2 is 1.90 bits per heavy atom. The number of H-pyrrole nitrogens is 1. The standard InChI is InChI=1S/C18H14ClF2N5O2.Na.H/c1-9-4-12(20)13(21)5-11(9)17(27)24-16-6-14(25-26-16)18(28)23-8-10-2-3-15(19)22-7-10;;/h2-7H,8H2,1H3,(H,23,28)(H2,24,25,26,27);;/q;+1;-1. The summed E-state index contributed by atoms with van der Waals surface area (Å²) in [5.41, 5.74) is 1.09. The van der Waals surface area contributed by atoms with Crippen molar-refractivity contribution in [3.05, 3.63) is 75.7 Å². The number of amides is 2.